The van der Waals surface area contributed by atoms with E-state index >= 15 is 0 Å². The molecule has 0 saturated heterocycles. The first kappa shape index (κ1) is 14.2. The van der Waals surface area contributed by atoms with Crippen molar-refractivity contribution in [2.24, 2.45) is 0 Å². The molecule has 6 heteroatoms. The Kier molecular flexibility index (Phi) is 5.35. The minimum absolute atomic E-state index is 0.0273. The SMILES string of the molecule is CCNc1nc(C)cc(N(C)CCC(=O)NC)n1. The quantitative estimate of drug-likeness (QED) is 0.782. The second-order valence-corrected chi connectivity index (χ2v) is 4.07. The van der Waals surface area contributed by atoms with Crippen LogP contribution in [0, 0.1) is 6.92 Å². The third-order valence-corrected chi connectivity index (χ3v) is 2.52. The van der Waals surface area contributed by atoms with Gasteiger partial charge in [0.05, 0.1) is 0 Å². The lowest BCUT2D eigenvalue weighted by molar-refractivity contribution is -0.120. The number of amides is 1. The van der Waals surface area contributed by atoms with Gasteiger partial charge in [0.25, 0.3) is 0 Å². The molecule has 0 fully saturated rings. The van der Waals surface area contributed by atoms with Crippen LogP contribution < -0.4 is 15.5 Å². The zero-order valence-corrected chi connectivity index (χ0v) is 11.4. The van der Waals surface area contributed by atoms with Gasteiger partial charge in [0.2, 0.25) is 11.9 Å². The molecular formula is C12H21N5O. The van der Waals surface area contributed by atoms with E-state index < -0.39 is 0 Å². The summed E-state index contributed by atoms with van der Waals surface area (Å²) in [6.07, 6.45) is 0.451. The zero-order chi connectivity index (χ0) is 13.5. The Morgan fingerprint density at radius 3 is 2.78 bits per heavy atom. The molecule has 0 saturated carbocycles. The highest BCUT2D eigenvalue weighted by molar-refractivity contribution is 5.76. The summed E-state index contributed by atoms with van der Waals surface area (Å²) in [7, 11) is 3.56. The minimum atomic E-state index is 0.0273. The highest BCUT2D eigenvalue weighted by Gasteiger charge is 2.08. The van der Waals surface area contributed by atoms with Crippen LogP contribution in [0.1, 0.15) is 19.0 Å². The molecule has 18 heavy (non-hydrogen) atoms. The molecule has 100 valence electrons. The second kappa shape index (κ2) is 6.78. The number of aryl methyl sites for hydroxylation is 1. The zero-order valence-electron chi connectivity index (χ0n) is 11.4. The standard InChI is InChI=1S/C12H21N5O/c1-5-14-12-15-9(2)8-10(16-12)17(4)7-6-11(18)13-3/h8H,5-7H2,1-4H3,(H,13,18)(H,14,15,16). The first-order valence-electron chi connectivity index (χ1n) is 6.08. The molecule has 0 aromatic carbocycles. The number of hydrogen-bond acceptors (Lipinski definition) is 5. The molecule has 0 aliphatic rings. The van der Waals surface area contributed by atoms with Crippen molar-refractivity contribution in [3.05, 3.63) is 11.8 Å². The summed E-state index contributed by atoms with van der Waals surface area (Å²) >= 11 is 0. The molecule has 1 aromatic rings. The Morgan fingerprint density at radius 2 is 2.17 bits per heavy atom. The van der Waals surface area contributed by atoms with E-state index in [0.29, 0.717) is 18.9 Å². The van der Waals surface area contributed by atoms with Crippen molar-refractivity contribution in [1.82, 2.24) is 15.3 Å². The molecule has 0 aliphatic carbocycles. The number of anilines is 2. The maximum absolute atomic E-state index is 11.2. The van der Waals surface area contributed by atoms with Gasteiger partial charge in [-0.25, -0.2) is 4.98 Å². The molecule has 1 amide bonds. The fourth-order valence-corrected chi connectivity index (χ4v) is 1.49. The first-order chi connectivity index (χ1) is 8.56. The second-order valence-electron chi connectivity index (χ2n) is 4.07. The maximum Gasteiger partial charge on any atom is 0.224 e. The topological polar surface area (TPSA) is 70.2 Å². The molecule has 0 unspecified atom stereocenters. The Labute approximate surface area is 108 Å². The lowest BCUT2D eigenvalue weighted by atomic mass is 10.3. The molecule has 1 aromatic heterocycles. The molecule has 0 spiro atoms. The van der Waals surface area contributed by atoms with E-state index in [9.17, 15) is 4.79 Å². The fraction of sp³-hybridized carbons (Fsp3) is 0.583. The van der Waals surface area contributed by atoms with Gasteiger partial charge in [0.1, 0.15) is 5.82 Å². The van der Waals surface area contributed by atoms with Crippen LogP contribution in [-0.4, -0.2) is 43.1 Å². The van der Waals surface area contributed by atoms with Crippen LogP contribution in [0.3, 0.4) is 0 Å². The third kappa shape index (κ3) is 4.20. The van der Waals surface area contributed by atoms with E-state index in [1.807, 2.05) is 31.9 Å². The Balaban J connectivity index is 2.72. The van der Waals surface area contributed by atoms with Crippen molar-refractivity contribution in [3.8, 4) is 0 Å². The van der Waals surface area contributed by atoms with Gasteiger partial charge in [-0.2, -0.15) is 4.98 Å². The average Bonchev–Trinajstić information content (AvgIpc) is 2.35. The monoisotopic (exact) mass is 251 g/mol. The summed E-state index contributed by atoms with van der Waals surface area (Å²) in [5, 5.41) is 5.70. The van der Waals surface area contributed by atoms with Gasteiger partial charge in [-0.3, -0.25) is 4.79 Å². The Hall–Kier alpha value is -1.85. The summed E-state index contributed by atoms with van der Waals surface area (Å²) in [5.41, 5.74) is 0.905. The van der Waals surface area contributed by atoms with Gasteiger partial charge in [-0.05, 0) is 13.8 Å². The van der Waals surface area contributed by atoms with E-state index in [-0.39, 0.29) is 5.91 Å². The van der Waals surface area contributed by atoms with Crippen molar-refractivity contribution in [3.63, 3.8) is 0 Å². The van der Waals surface area contributed by atoms with Crippen LogP contribution in [0.25, 0.3) is 0 Å². The molecule has 6 nitrogen and oxygen atoms in total. The van der Waals surface area contributed by atoms with Crippen LogP contribution in [0.5, 0.6) is 0 Å². The predicted molar refractivity (Wildman–Crippen MR) is 72.9 cm³/mol. The van der Waals surface area contributed by atoms with Crippen LogP contribution in [0.4, 0.5) is 11.8 Å². The number of aromatic nitrogens is 2. The normalized spacial score (nSPS) is 10.0. The van der Waals surface area contributed by atoms with Crippen molar-refractivity contribution < 1.29 is 4.79 Å². The number of carbonyl (C=O) groups is 1. The van der Waals surface area contributed by atoms with Crippen molar-refractivity contribution in [2.75, 3.05) is 37.4 Å². The van der Waals surface area contributed by atoms with Crippen LogP contribution >= 0.6 is 0 Å². The summed E-state index contributed by atoms with van der Waals surface area (Å²) in [6, 6.07) is 1.91. The van der Waals surface area contributed by atoms with E-state index in [4.69, 9.17) is 0 Å². The van der Waals surface area contributed by atoms with Crippen molar-refractivity contribution >= 4 is 17.7 Å². The van der Waals surface area contributed by atoms with Gasteiger partial charge in [-0.15, -0.1) is 0 Å². The van der Waals surface area contributed by atoms with Crippen LogP contribution in [0.15, 0.2) is 6.07 Å². The Bertz CT molecular complexity index is 407. The molecule has 0 radical (unpaired) electrons. The largest absolute Gasteiger partial charge is 0.359 e. The molecule has 1 heterocycles. The molecule has 1 rings (SSSR count). The average molecular weight is 251 g/mol. The van der Waals surface area contributed by atoms with Crippen molar-refractivity contribution in [2.45, 2.75) is 20.3 Å². The van der Waals surface area contributed by atoms with Crippen LogP contribution in [-0.2, 0) is 4.79 Å². The van der Waals surface area contributed by atoms with E-state index in [1.54, 1.807) is 7.05 Å². The number of carbonyl (C=O) groups excluding carboxylic acids is 1. The van der Waals surface area contributed by atoms with E-state index in [1.165, 1.54) is 0 Å². The first-order valence-corrected chi connectivity index (χ1v) is 6.08. The van der Waals surface area contributed by atoms with Gasteiger partial charge >= 0.3 is 0 Å². The number of nitrogens with one attached hydrogen (secondary N) is 2. The fourth-order valence-electron chi connectivity index (χ4n) is 1.49. The smallest absolute Gasteiger partial charge is 0.224 e. The molecular weight excluding hydrogens is 230 g/mol. The Morgan fingerprint density at radius 1 is 1.44 bits per heavy atom. The highest BCUT2D eigenvalue weighted by atomic mass is 16.1. The van der Waals surface area contributed by atoms with Gasteiger partial charge in [0, 0.05) is 45.4 Å². The molecule has 0 atom stereocenters. The number of hydrogen-bond donors (Lipinski definition) is 2. The van der Waals surface area contributed by atoms with Gasteiger partial charge in [-0.1, -0.05) is 0 Å². The summed E-state index contributed by atoms with van der Waals surface area (Å²) in [6.45, 7) is 5.34. The number of nitrogens with zero attached hydrogens (tertiary/aromatic N) is 3. The molecule has 0 aliphatic heterocycles. The highest BCUT2D eigenvalue weighted by Crippen LogP contribution is 2.13. The predicted octanol–water partition coefficient (Wildman–Crippen LogP) is 0.789. The summed E-state index contributed by atoms with van der Waals surface area (Å²) in [5.74, 6) is 1.47. The van der Waals surface area contributed by atoms with Crippen molar-refractivity contribution in [1.29, 1.82) is 0 Å². The van der Waals surface area contributed by atoms with Gasteiger partial charge < -0.3 is 15.5 Å². The lowest BCUT2D eigenvalue weighted by Crippen LogP contribution is -2.27. The van der Waals surface area contributed by atoms with Gasteiger partial charge in [0.15, 0.2) is 0 Å². The summed E-state index contributed by atoms with van der Waals surface area (Å²) in [4.78, 5) is 21.8. The van der Waals surface area contributed by atoms with E-state index in [2.05, 4.69) is 20.6 Å². The summed E-state index contributed by atoms with van der Waals surface area (Å²) < 4.78 is 0. The number of rotatable bonds is 6. The lowest BCUT2D eigenvalue weighted by Gasteiger charge is -2.18. The molecule has 2 N–H and O–H groups in total. The maximum atomic E-state index is 11.2. The van der Waals surface area contributed by atoms with E-state index in [0.717, 1.165) is 18.1 Å². The molecule has 0 bridgehead atoms. The minimum Gasteiger partial charge on any atom is -0.359 e. The van der Waals surface area contributed by atoms with Crippen LogP contribution in [0.2, 0.25) is 0 Å². The third-order valence-electron chi connectivity index (χ3n) is 2.52.